The third-order valence-electron chi connectivity index (χ3n) is 4.47. The lowest BCUT2D eigenvalue weighted by Crippen LogP contribution is -2.10. The maximum atomic E-state index is 11.2. The molecule has 0 atom stereocenters. The summed E-state index contributed by atoms with van der Waals surface area (Å²) in [4.78, 5) is 48.3. The minimum absolute atomic E-state index is 0.0105. The van der Waals surface area contributed by atoms with E-state index in [9.17, 15) is 19.2 Å². The summed E-state index contributed by atoms with van der Waals surface area (Å²) >= 11 is 0. The number of rotatable bonds is 11. The summed E-state index contributed by atoms with van der Waals surface area (Å²) in [7, 11) is 1.27. The second kappa shape index (κ2) is 20.5. The van der Waals surface area contributed by atoms with Crippen LogP contribution in [0.5, 0.6) is 0 Å². The van der Waals surface area contributed by atoms with Crippen LogP contribution in [0.4, 0.5) is 11.4 Å². The van der Waals surface area contributed by atoms with Gasteiger partial charge in [0.15, 0.2) is 0 Å². The zero-order chi connectivity index (χ0) is 28.8. The van der Waals surface area contributed by atoms with E-state index in [-0.39, 0.29) is 37.6 Å². The van der Waals surface area contributed by atoms with Crippen molar-refractivity contribution in [2.45, 2.75) is 52.7 Å². The number of methoxy groups -OCH3 is 1. The van der Waals surface area contributed by atoms with Gasteiger partial charge in [-0.25, -0.2) is 0 Å². The molecule has 0 fully saturated rings. The molecule has 13 nitrogen and oxygen atoms in total. The number of nitrogens with zero attached hydrogens (tertiary/aromatic N) is 6. The number of benzene rings is 2. The molecular formula is C25H30N6O7. The van der Waals surface area contributed by atoms with E-state index in [0.29, 0.717) is 24.2 Å². The number of aliphatic hydroxyl groups is 1. The van der Waals surface area contributed by atoms with Gasteiger partial charge in [-0.2, -0.15) is 0 Å². The maximum absolute atomic E-state index is 11.2. The van der Waals surface area contributed by atoms with E-state index in [4.69, 9.17) is 20.9 Å². The van der Waals surface area contributed by atoms with Gasteiger partial charge in [-0.1, -0.05) is 72.6 Å². The predicted molar refractivity (Wildman–Crippen MR) is 138 cm³/mol. The molecule has 0 amide bonds. The first-order valence-electron chi connectivity index (χ1n) is 11.4. The first-order valence-corrected chi connectivity index (χ1v) is 11.4. The fraction of sp³-hybridized carbons (Fsp3) is 0.360. The van der Waals surface area contributed by atoms with Crippen LogP contribution >= 0.6 is 0 Å². The first-order chi connectivity index (χ1) is 18.2. The van der Waals surface area contributed by atoms with Gasteiger partial charge >= 0.3 is 11.9 Å². The molecule has 0 bridgehead atoms. The van der Waals surface area contributed by atoms with E-state index in [1.165, 1.54) is 7.11 Å². The van der Waals surface area contributed by atoms with Crippen LogP contribution in [0.25, 0.3) is 20.9 Å². The lowest BCUT2D eigenvalue weighted by molar-refractivity contribution is -0.147. The number of carbonyl (C=O) groups is 4. The van der Waals surface area contributed by atoms with E-state index >= 15 is 0 Å². The minimum Gasteiger partial charge on any atom is -0.469 e. The minimum atomic E-state index is -0.527. The summed E-state index contributed by atoms with van der Waals surface area (Å²) in [6, 6.07) is 13.4. The summed E-state index contributed by atoms with van der Waals surface area (Å²) in [5, 5.41) is 15.5. The van der Waals surface area contributed by atoms with Crippen molar-refractivity contribution in [2.75, 3.05) is 7.11 Å². The van der Waals surface area contributed by atoms with E-state index in [1.54, 1.807) is 62.4 Å². The molecule has 13 heteroatoms. The Morgan fingerprint density at radius 3 is 1.55 bits per heavy atom. The van der Waals surface area contributed by atoms with Gasteiger partial charge < -0.3 is 14.6 Å². The molecule has 0 saturated carbocycles. The number of hydrogen-bond donors (Lipinski definition) is 1. The van der Waals surface area contributed by atoms with Gasteiger partial charge in [-0.15, -0.1) is 0 Å². The number of ketones is 2. The summed E-state index contributed by atoms with van der Waals surface area (Å²) in [6.07, 6.45) is 0.450. The van der Waals surface area contributed by atoms with Crippen LogP contribution in [-0.2, 0) is 41.9 Å². The lowest BCUT2D eigenvalue weighted by Gasteiger charge is -2.04. The summed E-state index contributed by atoms with van der Waals surface area (Å²) in [6.45, 7) is 3.53. The number of azide groups is 2. The summed E-state index contributed by atoms with van der Waals surface area (Å²) in [5.74, 6) is -1.21. The number of ether oxygens (including phenoxy) is 2. The average Bonchev–Trinajstić information content (AvgIpc) is 2.94. The van der Waals surface area contributed by atoms with Crippen molar-refractivity contribution in [1.82, 2.24) is 0 Å². The SMILES string of the molecule is CCC(=O)CC(=O)OC.CCC(=O)CC(=O)OCc1ccc(N=[N+]=[N-])cc1.[N-]=[N+]=Nc1ccc(CO)cc1. The predicted octanol–water partition coefficient (Wildman–Crippen LogP) is 5.69. The molecule has 0 aliphatic carbocycles. The molecule has 2 aromatic carbocycles. The normalized spacial score (nSPS) is 9.05. The van der Waals surface area contributed by atoms with Gasteiger partial charge in [-0.3, -0.25) is 19.2 Å². The molecule has 0 radical (unpaired) electrons. The van der Waals surface area contributed by atoms with Crippen LogP contribution in [0, 0.1) is 0 Å². The Labute approximate surface area is 219 Å². The Morgan fingerprint density at radius 1 is 0.763 bits per heavy atom. The standard InChI is InChI=1S/C12H13N3O3.C7H7N3O.C6H10O3/c1-2-11(16)7-12(17)18-8-9-3-5-10(6-4-9)14-15-13;8-10-9-7-3-1-6(5-11)2-4-7;1-3-5(7)4-6(8)9-2/h3-6H,2,7-8H2,1H3;1-4,11H,5H2;3-4H2,1-2H3. The quantitative estimate of drug-likeness (QED) is 0.127. The van der Waals surface area contributed by atoms with E-state index < -0.39 is 11.9 Å². The van der Waals surface area contributed by atoms with Crippen LogP contribution in [0.3, 0.4) is 0 Å². The molecule has 38 heavy (non-hydrogen) atoms. The second-order valence-corrected chi connectivity index (χ2v) is 7.24. The average molecular weight is 527 g/mol. The Kier molecular flexibility index (Phi) is 18.0. The molecule has 2 rings (SSSR count). The van der Waals surface area contributed by atoms with Crippen molar-refractivity contribution in [3.8, 4) is 0 Å². The highest BCUT2D eigenvalue weighted by atomic mass is 16.5. The fourth-order valence-electron chi connectivity index (χ4n) is 2.29. The van der Waals surface area contributed by atoms with E-state index in [2.05, 4.69) is 24.8 Å². The van der Waals surface area contributed by atoms with Crippen molar-refractivity contribution >= 4 is 34.9 Å². The van der Waals surface area contributed by atoms with Gasteiger partial charge in [0.25, 0.3) is 0 Å². The summed E-state index contributed by atoms with van der Waals surface area (Å²) < 4.78 is 9.20. The van der Waals surface area contributed by atoms with Gasteiger partial charge in [-0.05, 0) is 22.2 Å². The molecule has 1 N–H and O–H groups in total. The molecule has 0 saturated heterocycles. The molecule has 2 aromatic rings. The van der Waals surface area contributed by atoms with Crippen LogP contribution < -0.4 is 0 Å². The third-order valence-corrected chi connectivity index (χ3v) is 4.47. The van der Waals surface area contributed by atoms with Crippen molar-refractivity contribution < 1.29 is 33.8 Å². The molecular weight excluding hydrogens is 496 g/mol. The highest BCUT2D eigenvalue weighted by Crippen LogP contribution is 2.14. The van der Waals surface area contributed by atoms with E-state index in [0.717, 1.165) is 11.1 Å². The number of esters is 2. The molecule has 202 valence electrons. The highest BCUT2D eigenvalue weighted by Gasteiger charge is 2.08. The van der Waals surface area contributed by atoms with Crippen LogP contribution in [0.15, 0.2) is 58.8 Å². The van der Waals surface area contributed by atoms with E-state index in [1.807, 2.05) is 0 Å². The van der Waals surface area contributed by atoms with Crippen molar-refractivity contribution in [1.29, 1.82) is 0 Å². The largest absolute Gasteiger partial charge is 0.469 e. The zero-order valence-corrected chi connectivity index (χ0v) is 21.4. The Bertz CT molecular complexity index is 1120. The monoisotopic (exact) mass is 526 g/mol. The van der Waals surface area contributed by atoms with Gasteiger partial charge in [0.2, 0.25) is 0 Å². The topological polar surface area (TPSA) is 204 Å². The van der Waals surface area contributed by atoms with Crippen molar-refractivity contribution in [2.24, 2.45) is 10.2 Å². The highest BCUT2D eigenvalue weighted by molar-refractivity contribution is 5.95. The smallest absolute Gasteiger partial charge is 0.313 e. The van der Waals surface area contributed by atoms with Crippen molar-refractivity contribution in [3.63, 3.8) is 0 Å². The Morgan fingerprint density at radius 2 is 1.18 bits per heavy atom. The zero-order valence-electron chi connectivity index (χ0n) is 21.4. The second-order valence-electron chi connectivity index (χ2n) is 7.24. The van der Waals surface area contributed by atoms with Crippen LogP contribution in [-0.4, -0.2) is 35.7 Å². The van der Waals surface area contributed by atoms with Crippen LogP contribution in [0.1, 0.15) is 50.7 Å². The fourth-order valence-corrected chi connectivity index (χ4v) is 2.29. The summed E-state index contributed by atoms with van der Waals surface area (Å²) in [5.41, 5.74) is 18.9. The number of aliphatic hydroxyl groups excluding tert-OH is 1. The molecule has 0 unspecified atom stereocenters. The van der Waals surface area contributed by atoms with Crippen molar-refractivity contribution in [3.05, 3.63) is 80.5 Å². The molecule has 0 aliphatic heterocycles. The number of Topliss-reactive ketones (excluding diaryl/α,β-unsaturated/α-hetero) is 2. The molecule has 0 aromatic heterocycles. The van der Waals surface area contributed by atoms with Gasteiger partial charge in [0, 0.05) is 34.0 Å². The lowest BCUT2D eigenvalue weighted by atomic mass is 10.2. The number of hydrogen-bond acceptors (Lipinski definition) is 9. The first kappa shape index (κ1) is 33.3. The van der Waals surface area contributed by atoms with Crippen LogP contribution in [0.2, 0.25) is 0 Å². The number of carbonyl (C=O) groups excluding carboxylic acids is 4. The Hall–Kier alpha value is -4.70. The maximum Gasteiger partial charge on any atom is 0.313 e. The molecule has 0 aliphatic rings. The molecule has 0 spiro atoms. The van der Waals surface area contributed by atoms with Gasteiger partial charge in [0.1, 0.15) is 31.0 Å². The van der Waals surface area contributed by atoms with Gasteiger partial charge in [0.05, 0.1) is 13.7 Å². The third kappa shape index (κ3) is 16.1. The Balaban J connectivity index is 0.000000586. The molecule has 0 heterocycles.